The standard InChI is InChI=1S/C10H22O3Si/c1-4-6-8-10(11)13-14(12-3)9-7-5-2/h14H,4-9H2,1-3H3. The fourth-order valence-corrected chi connectivity index (χ4v) is 2.72. The second kappa shape index (κ2) is 9.21. The average Bonchev–Trinajstić information content (AvgIpc) is 2.21. The zero-order valence-corrected chi connectivity index (χ0v) is 10.7. The van der Waals surface area contributed by atoms with Crippen molar-refractivity contribution in [1.29, 1.82) is 0 Å². The summed E-state index contributed by atoms with van der Waals surface area (Å²) >= 11 is 0. The maximum absolute atomic E-state index is 11.3. The van der Waals surface area contributed by atoms with E-state index in [1.165, 1.54) is 0 Å². The number of rotatable bonds is 8. The van der Waals surface area contributed by atoms with Gasteiger partial charge in [-0.1, -0.05) is 33.1 Å². The van der Waals surface area contributed by atoms with E-state index in [9.17, 15) is 4.79 Å². The predicted molar refractivity (Wildman–Crippen MR) is 59.5 cm³/mol. The Balaban J connectivity index is 3.62. The molecule has 0 aromatic rings. The van der Waals surface area contributed by atoms with E-state index in [0.29, 0.717) is 6.42 Å². The molecule has 0 rings (SSSR count). The summed E-state index contributed by atoms with van der Waals surface area (Å²) < 4.78 is 10.5. The number of hydrogen-bond donors (Lipinski definition) is 0. The third-order valence-corrected chi connectivity index (χ3v) is 3.98. The molecule has 0 aromatic heterocycles. The van der Waals surface area contributed by atoms with Gasteiger partial charge in [0.1, 0.15) is 0 Å². The van der Waals surface area contributed by atoms with Gasteiger partial charge in [-0.15, -0.1) is 0 Å². The number of carbonyl (C=O) groups excluding carboxylic acids is 1. The first kappa shape index (κ1) is 13.6. The first-order valence-electron chi connectivity index (χ1n) is 5.46. The fourth-order valence-electron chi connectivity index (χ4n) is 1.12. The van der Waals surface area contributed by atoms with E-state index < -0.39 is 9.28 Å². The van der Waals surface area contributed by atoms with Crippen molar-refractivity contribution in [2.24, 2.45) is 0 Å². The molecule has 0 heterocycles. The lowest BCUT2D eigenvalue weighted by molar-refractivity contribution is -0.136. The van der Waals surface area contributed by atoms with E-state index in [1.807, 2.05) is 0 Å². The fraction of sp³-hybridized carbons (Fsp3) is 0.900. The number of hydrogen-bond acceptors (Lipinski definition) is 3. The highest BCUT2D eigenvalue weighted by molar-refractivity contribution is 6.46. The van der Waals surface area contributed by atoms with Gasteiger partial charge in [-0.25, -0.2) is 0 Å². The van der Waals surface area contributed by atoms with Gasteiger partial charge >= 0.3 is 9.28 Å². The van der Waals surface area contributed by atoms with Crippen molar-refractivity contribution in [3.05, 3.63) is 0 Å². The molecule has 1 unspecified atom stereocenters. The van der Waals surface area contributed by atoms with Crippen LogP contribution >= 0.6 is 0 Å². The molecular formula is C10H22O3Si. The molecule has 0 saturated heterocycles. The van der Waals surface area contributed by atoms with Crippen LogP contribution in [0.3, 0.4) is 0 Å². The molecular weight excluding hydrogens is 196 g/mol. The Morgan fingerprint density at radius 3 is 2.36 bits per heavy atom. The van der Waals surface area contributed by atoms with Crippen LogP contribution in [0.5, 0.6) is 0 Å². The first-order chi connectivity index (χ1) is 6.74. The Kier molecular flexibility index (Phi) is 8.98. The van der Waals surface area contributed by atoms with E-state index in [0.717, 1.165) is 31.7 Å². The summed E-state index contributed by atoms with van der Waals surface area (Å²) in [7, 11) is -0.0421. The van der Waals surface area contributed by atoms with Crippen molar-refractivity contribution in [3.8, 4) is 0 Å². The van der Waals surface area contributed by atoms with Crippen molar-refractivity contribution < 1.29 is 13.6 Å². The second-order valence-corrected chi connectivity index (χ2v) is 5.54. The lowest BCUT2D eigenvalue weighted by Crippen LogP contribution is -2.24. The molecule has 1 atom stereocenters. The molecule has 0 saturated carbocycles. The van der Waals surface area contributed by atoms with Crippen molar-refractivity contribution >= 4 is 15.3 Å². The van der Waals surface area contributed by atoms with Crippen LogP contribution in [0.25, 0.3) is 0 Å². The highest BCUT2D eigenvalue weighted by Gasteiger charge is 2.15. The Morgan fingerprint density at radius 1 is 1.21 bits per heavy atom. The molecule has 0 N–H and O–H groups in total. The van der Waals surface area contributed by atoms with Gasteiger partial charge < -0.3 is 8.85 Å². The summed E-state index contributed by atoms with van der Waals surface area (Å²) in [6, 6.07) is 0.935. The van der Waals surface area contributed by atoms with Crippen LogP contribution in [0.2, 0.25) is 6.04 Å². The average molecular weight is 218 g/mol. The van der Waals surface area contributed by atoms with Gasteiger partial charge in [0.15, 0.2) is 0 Å². The summed E-state index contributed by atoms with van der Waals surface area (Å²) in [5.74, 6) is -0.0820. The van der Waals surface area contributed by atoms with Crippen molar-refractivity contribution in [2.45, 2.75) is 52.0 Å². The largest absolute Gasteiger partial charge is 0.497 e. The van der Waals surface area contributed by atoms with Crippen LogP contribution in [0.4, 0.5) is 0 Å². The van der Waals surface area contributed by atoms with Gasteiger partial charge in [-0.3, -0.25) is 4.79 Å². The molecule has 0 fully saturated rings. The minimum absolute atomic E-state index is 0.0820. The summed E-state index contributed by atoms with van der Waals surface area (Å²) in [6.07, 6.45) is 4.70. The molecule has 0 aliphatic carbocycles. The summed E-state index contributed by atoms with van der Waals surface area (Å²) in [6.45, 7) is 4.19. The molecule has 14 heavy (non-hydrogen) atoms. The van der Waals surface area contributed by atoms with Crippen LogP contribution in [0, 0.1) is 0 Å². The van der Waals surface area contributed by atoms with Gasteiger partial charge in [-0.2, -0.15) is 0 Å². The highest BCUT2D eigenvalue weighted by Crippen LogP contribution is 2.05. The highest BCUT2D eigenvalue weighted by atomic mass is 28.3. The first-order valence-corrected chi connectivity index (χ1v) is 7.22. The third-order valence-electron chi connectivity index (χ3n) is 2.05. The lowest BCUT2D eigenvalue weighted by Gasteiger charge is -2.13. The molecule has 0 radical (unpaired) electrons. The molecule has 0 aliphatic heterocycles. The molecule has 0 bridgehead atoms. The van der Waals surface area contributed by atoms with Crippen LogP contribution < -0.4 is 0 Å². The summed E-state index contributed by atoms with van der Waals surface area (Å²) in [4.78, 5) is 11.3. The van der Waals surface area contributed by atoms with Crippen molar-refractivity contribution in [3.63, 3.8) is 0 Å². The molecule has 0 amide bonds. The van der Waals surface area contributed by atoms with E-state index in [4.69, 9.17) is 8.85 Å². The zero-order valence-electron chi connectivity index (χ0n) is 9.54. The minimum atomic E-state index is -1.68. The van der Waals surface area contributed by atoms with Crippen LogP contribution in [-0.2, 0) is 13.6 Å². The van der Waals surface area contributed by atoms with Crippen LogP contribution in [0.15, 0.2) is 0 Å². The summed E-state index contributed by atoms with van der Waals surface area (Å²) in [5.41, 5.74) is 0. The maximum atomic E-state index is 11.3. The Morgan fingerprint density at radius 2 is 1.86 bits per heavy atom. The molecule has 0 aliphatic rings. The van der Waals surface area contributed by atoms with Gasteiger partial charge in [0, 0.05) is 13.5 Å². The predicted octanol–water partition coefficient (Wildman–Crippen LogP) is 2.39. The molecule has 3 nitrogen and oxygen atoms in total. The van der Waals surface area contributed by atoms with Gasteiger partial charge in [-0.05, 0) is 12.5 Å². The van der Waals surface area contributed by atoms with Gasteiger partial charge in [0.05, 0.1) is 0 Å². The Labute approximate surface area is 88.6 Å². The number of unbranched alkanes of at least 4 members (excludes halogenated alkanes) is 2. The minimum Gasteiger partial charge on any atom is -0.497 e. The number of carbonyl (C=O) groups is 1. The third kappa shape index (κ3) is 7.09. The normalized spacial score (nSPS) is 12.5. The van der Waals surface area contributed by atoms with Crippen molar-refractivity contribution in [1.82, 2.24) is 0 Å². The zero-order chi connectivity index (χ0) is 10.8. The van der Waals surface area contributed by atoms with E-state index in [1.54, 1.807) is 7.11 Å². The van der Waals surface area contributed by atoms with E-state index in [-0.39, 0.29) is 5.97 Å². The van der Waals surface area contributed by atoms with Crippen molar-refractivity contribution in [2.75, 3.05) is 7.11 Å². The van der Waals surface area contributed by atoms with Gasteiger partial charge in [0.25, 0.3) is 5.97 Å². The smallest absolute Gasteiger partial charge is 0.385 e. The monoisotopic (exact) mass is 218 g/mol. The van der Waals surface area contributed by atoms with Crippen LogP contribution in [0.1, 0.15) is 46.0 Å². The topological polar surface area (TPSA) is 35.5 Å². The SMILES string of the molecule is CCCCC(=O)O[SiH](CCCC)OC. The van der Waals surface area contributed by atoms with Gasteiger partial charge in [0.2, 0.25) is 0 Å². The maximum Gasteiger partial charge on any atom is 0.385 e. The Hall–Kier alpha value is -0.353. The van der Waals surface area contributed by atoms with E-state index >= 15 is 0 Å². The van der Waals surface area contributed by atoms with E-state index in [2.05, 4.69) is 13.8 Å². The molecule has 0 aromatic carbocycles. The molecule has 84 valence electrons. The molecule has 4 heteroatoms. The second-order valence-electron chi connectivity index (χ2n) is 3.40. The molecule has 0 spiro atoms. The Bertz CT molecular complexity index is 150. The van der Waals surface area contributed by atoms with Crippen LogP contribution in [-0.4, -0.2) is 22.4 Å². The quantitative estimate of drug-likeness (QED) is 0.587. The lowest BCUT2D eigenvalue weighted by atomic mass is 10.3. The summed E-state index contributed by atoms with van der Waals surface area (Å²) in [5, 5.41) is 0.